The SMILES string of the molecule is CN1C[C@H](Cc2ccc(Cl)cc2)N(C2CCNCC2)Cc2ccccc21.Cl.Cl. The molecule has 6 heteroatoms. The minimum absolute atomic E-state index is 0. The number of nitrogens with zero attached hydrogens (tertiary/aromatic N) is 2. The predicted octanol–water partition coefficient (Wildman–Crippen LogP) is 4.80. The molecule has 2 aliphatic heterocycles. The summed E-state index contributed by atoms with van der Waals surface area (Å²) in [5.41, 5.74) is 4.20. The van der Waals surface area contributed by atoms with E-state index in [0.717, 1.165) is 37.6 Å². The molecule has 0 aromatic heterocycles. The van der Waals surface area contributed by atoms with Gasteiger partial charge in [-0.1, -0.05) is 41.9 Å². The van der Waals surface area contributed by atoms with Crippen molar-refractivity contribution in [2.24, 2.45) is 0 Å². The molecule has 0 radical (unpaired) electrons. The number of hydrogen-bond acceptors (Lipinski definition) is 3. The van der Waals surface area contributed by atoms with Crippen LogP contribution in [0.25, 0.3) is 0 Å². The van der Waals surface area contributed by atoms with Crippen LogP contribution in [0, 0.1) is 0 Å². The molecule has 28 heavy (non-hydrogen) atoms. The van der Waals surface area contributed by atoms with Crippen molar-refractivity contribution in [3.8, 4) is 0 Å². The number of anilines is 1. The molecule has 2 heterocycles. The summed E-state index contributed by atoms with van der Waals surface area (Å²) in [4.78, 5) is 5.22. The molecule has 154 valence electrons. The molecule has 0 aliphatic carbocycles. The molecule has 2 aliphatic rings. The molecule has 0 spiro atoms. The van der Waals surface area contributed by atoms with Crippen molar-refractivity contribution in [2.75, 3.05) is 31.6 Å². The standard InChI is InChI=1S/C22H28ClN3.2ClH/c1-25-16-21(14-17-6-8-19(23)9-7-17)26(20-10-12-24-13-11-20)15-18-4-2-3-5-22(18)25;;/h2-9,20-21,24H,10-16H2,1H3;2*1H/t21-;;/m0../s1. The highest BCUT2D eigenvalue weighted by Crippen LogP contribution is 2.30. The lowest BCUT2D eigenvalue weighted by atomic mass is 9.98. The van der Waals surface area contributed by atoms with Crippen LogP contribution in [0.1, 0.15) is 24.0 Å². The molecule has 3 nitrogen and oxygen atoms in total. The molecular weight excluding hydrogens is 413 g/mol. The summed E-state index contributed by atoms with van der Waals surface area (Å²) in [6.45, 7) is 4.37. The number of benzene rings is 2. The monoisotopic (exact) mass is 441 g/mol. The van der Waals surface area contributed by atoms with Crippen LogP contribution in [0.4, 0.5) is 5.69 Å². The van der Waals surface area contributed by atoms with E-state index in [0.29, 0.717) is 12.1 Å². The van der Waals surface area contributed by atoms with Crippen molar-refractivity contribution >= 4 is 42.1 Å². The van der Waals surface area contributed by atoms with E-state index in [4.69, 9.17) is 11.6 Å². The summed E-state index contributed by atoms with van der Waals surface area (Å²) >= 11 is 6.09. The molecule has 0 bridgehead atoms. The van der Waals surface area contributed by atoms with Gasteiger partial charge in [-0.2, -0.15) is 0 Å². The Labute approximate surface area is 186 Å². The Kier molecular flexibility index (Phi) is 8.91. The summed E-state index contributed by atoms with van der Waals surface area (Å²) < 4.78 is 0. The molecular formula is C22H30Cl3N3. The molecule has 1 atom stereocenters. The Bertz CT molecular complexity index is 732. The van der Waals surface area contributed by atoms with Gasteiger partial charge >= 0.3 is 0 Å². The van der Waals surface area contributed by atoms with Gasteiger partial charge in [0.15, 0.2) is 0 Å². The highest BCUT2D eigenvalue weighted by molar-refractivity contribution is 6.30. The van der Waals surface area contributed by atoms with Crippen molar-refractivity contribution in [3.05, 3.63) is 64.7 Å². The topological polar surface area (TPSA) is 18.5 Å². The van der Waals surface area contributed by atoms with Crippen LogP contribution >= 0.6 is 36.4 Å². The number of piperidine rings is 1. The van der Waals surface area contributed by atoms with E-state index < -0.39 is 0 Å². The average molecular weight is 443 g/mol. The zero-order valence-corrected chi connectivity index (χ0v) is 18.7. The Balaban J connectivity index is 0.00000140. The molecule has 1 fully saturated rings. The second-order valence-corrected chi connectivity index (χ2v) is 8.08. The maximum atomic E-state index is 6.09. The summed E-state index contributed by atoms with van der Waals surface area (Å²) in [5, 5.41) is 4.33. The quantitative estimate of drug-likeness (QED) is 0.736. The Morgan fingerprint density at radius 3 is 2.39 bits per heavy atom. The van der Waals surface area contributed by atoms with Crippen LogP contribution in [0.5, 0.6) is 0 Å². The van der Waals surface area contributed by atoms with Gasteiger partial charge < -0.3 is 10.2 Å². The van der Waals surface area contributed by atoms with E-state index in [9.17, 15) is 0 Å². The molecule has 0 unspecified atom stereocenters. The Hall–Kier alpha value is -0.970. The zero-order chi connectivity index (χ0) is 17.9. The first-order chi connectivity index (χ1) is 12.7. The lowest BCUT2D eigenvalue weighted by Gasteiger charge is -2.39. The normalized spacial score (nSPS) is 20.5. The van der Waals surface area contributed by atoms with E-state index in [1.807, 2.05) is 12.1 Å². The fourth-order valence-electron chi connectivity index (χ4n) is 4.50. The van der Waals surface area contributed by atoms with Crippen LogP contribution in [0.2, 0.25) is 5.02 Å². The van der Waals surface area contributed by atoms with Gasteiger partial charge in [0, 0.05) is 42.9 Å². The van der Waals surface area contributed by atoms with Gasteiger partial charge in [0.05, 0.1) is 0 Å². The van der Waals surface area contributed by atoms with E-state index in [2.05, 4.69) is 58.6 Å². The molecule has 1 N–H and O–H groups in total. The number of likely N-dealkylation sites (N-methyl/N-ethyl adjacent to an activating group) is 1. The van der Waals surface area contributed by atoms with Crippen LogP contribution < -0.4 is 10.2 Å². The van der Waals surface area contributed by atoms with Crippen LogP contribution in [0.15, 0.2) is 48.5 Å². The Morgan fingerprint density at radius 2 is 1.68 bits per heavy atom. The number of halogens is 3. The molecule has 4 rings (SSSR count). The fourth-order valence-corrected chi connectivity index (χ4v) is 4.63. The average Bonchev–Trinajstić information content (AvgIpc) is 2.81. The largest absolute Gasteiger partial charge is 0.373 e. The summed E-state index contributed by atoms with van der Waals surface area (Å²) in [5.74, 6) is 0. The summed E-state index contributed by atoms with van der Waals surface area (Å²) in [6, 6.07) is 18.5. The molecule has 2 aromatic rings. The second-order valence-electron chi connectivity index (χ2n) is 7.65. The van der Waals surface area contributed by atoms with Crippen LogP contribution in [0.3, 0.4) is 0 Å². The molecule has 1 saturated heterocycles. The molecule has 0 amide bonds. The Morgan fingerprint density at radius 1 is 1.00 bits per heavy atom. The third-order valence-corrected chi connectivity index (χ3v) is 6.12. The maximum Gasteiger partial charge on any atom is 0.0409 e. The zero-order valence-electron chi connectivity index (χ0n) is 16.3. The van der Waals surface area contributed by atoms with Crippen molar-refractivity contribution in [1.29, 1.82) is 0 Å². The summed E-state index contributed by atoms with van der Waals surface area (Å²) in [7, 11) is 2.24. The van der Waals surface area contributed by atoms with E-state index >= 15 is 0 Å². The van der Waals surface area contributed by atoms with E-state index in [1.54, 1.807) is 0 Å². The van der Waals surface area contributed by atoms with Crippen LogP contribution in [-0.2, 0) is 13.0 Å². The molecule has 0 saturated carbocycles. The van der Waals surface area contributed by atoms with Gasteiger partial charge in [0.1, 0.15) is 0 Å². The number of nitrogens with one attached hydrogen (secondary N) is 1. The van der Waals surface area contributed by atoms with Gasteiger partial charge in [-0.05, 0) is 61.7 Å². The highest BCUT2D eigenvalue weighted by Gasteiger charge is 2.32. The minimum atomic E-state index is 0. The maximum absolute atomic E-state index is 6.09. The van der Waals surface area contributed by atoms with Crippen molar-refractivity contribution < 1.29 is 0 Å². The van der Waals surface area contributed by atoms with Gasteiger partial charge in [-0.25, -0.2) is 0 Å². The van der Waals surface area contributed by atoms with Gasteiger partial charge in [-0.15, -0.1) is 24.8 Å². The second kappa shape index (κ2) is 10.7. The first-order valence-corrected chi connectivity index (χ1v) is 10.1. The number of para-hydroxylation sites is 1. The van der Waals surface area contributed by atoms with Crippen molar-refractivity contribution in [3.63, 3.8) is 0 Å². The van der Waals surface area contributed by atoms with Gasteiger partial charge in [0.25, 0.3) is 0 Å². The van der Waals surface area contributed by atoms with Gasteiger partial charge in [0.2, 0.25) is 0 Å². The third kappa shape index (κ3) is 5.34. The smallest absolute Gasteiger partial charge is 0.0409 e. The van der Waals surface area contributed by atoms with Crippen LogP contribution in [-0.4, -0.2) is 43.7 Å². The van der Waals surface area contributed by atoms with E-state index in [-0.39, 0.29) is 24.8 Å². The lowest BCUT2D eigenvalue weighted by Crippen LogP contribution is -2.50. The number of hydrogen-bond donors (Lipinski definition) is 1. The fraction of sp³-hybridized carbons (Fsp3) is 0.455. The number of rotatable bonds is 3. The molecule has 2 aromatic carbocycles. The minimum Gasteiger partial charge on any atom is -0.373 e. The summed E-state index contributed by atoms with van der Waals surface area (Å²) in [6.07, 6.45) is 3.55. The highest BCUT2D eigenvalue weighted by atomic mass is 35.5. The van der Waals surface area contributed by atoms with E-state index in [1.165, 1.54) is 29.7 Å². The van der Waals surface area contributed by atoms with Gasteiger partial charge in [-0.3, -0.25) is 4.90 Å². The predicted molar refractivity (Wildman–Crippen MR) is 125 cm³/mol. The lowest BCUT2D eigenvalue weighted by molar-refractivity contribution is 0.106. The first-order valence-electron chi connectivity index (χ1n) is 9.70. The van der Waals surface area contributed by atoms with Crippen molar-refractivity contribution in [1.82, 2.24) is 10.2 Å². The number of fused-ring (bicyclic) bond motifs is 1. The van der Waals surface area contributed by atoms with Crippen molar-refractivity contribution in [2.45, 2.75) is 37.9 Å². The third-order valence-electron chi connectivity index (χ3n) is 5.87. The first kappa shape index (κ1) is 23.3.